The summed E-state index contributed by atoms with van der Waals surface area (Å²) in [5, 5.41) is 3.47. The molecule has 2 rings (SSSR count). The summed E-state index contributed by atoms with van der Waals surface area (Å²) in [5.41, 5.74) is 1.14. The molecule has 0 radical (unpaired) electrons. The van der Waals surface area contributed by atoms with E-state index in [1.54, 1.807) is 6.92 Å². The number of rotatable bonds is 2. The van der Waals surface area contributed by atoms with E-state index in [-0.39, 0.29) is 5.91 Å². The van der Waals surface area contributed by atoms with Gasteiger partial charge < -0.3 is 10.2 Å². The molecule has 1 fully saturated rings. The summed E-state index contributed by atoms with van der Waals surface area (Å²) in [5.74, 6) is 0.180. The molecule has 3 heteroatoms. The molecule has 1 atom stereocenters. The molecular formula is C13H18N2O. The van der Waals surface area contributed by atoms with Crippen molar-refractivity contribution < 1.29 is 4.79 Å². The molecule has 16 heavy (non-hydrogen) atoms. The van der Waals surface area contributed by atoms with Crippen LogP contribution in [0, 0.1) is 0 Å². The summed E-state index contributed by atoms with van der Waals surface area (Å²) >= 11 is 0. The van der Waals surface area contributed by atoms with Gasteiger partial charge in [-0.25, -0.2) is 0 Å². The fraction of sp³-hybridized carbons (Fsp3) is 0.462. The van der Waals surface area contributed by atoms with Gasteiger partial charge in [-0.2, -0.15) is 0 Å². The number of hydrogen-bond donors (Lipinski definition) is 1. The highest BCUT2D eigenvalue weighted by Gasteiger charge is 2.20. The van der Waals surface area contributed by atoms with Crippen LogP contribution in [0.25, 0.3) is 0 Å². The maximum absolute atomic E-state index is 11.3. The van der Waals surface area contributed by atoms with E-state index in [0.717, 1.165) is 31.6 Å². The van der Waals surface area contributed by atoms with Gasteiger partial charge in [0, 0.05) is 31.7 Å². The monoisotopic (exact) mass is 218 g/mol. The van der Waals surface area contributed by atoms with Gasteiger partial charge in [0.1, 0.15) is 0 Å². The third kappa shape index (κ3) is 2.75. The average Bonchev–Trinajstić information content (AvgIpc) is 2.30. The Morgan fingerprint density at radius 1 is 1.38 bits per heavy atom. The average molecular weight is 218 g/mol. The van der Waals surface area contributed by atoms with Crippen LogP contribution in [0.3, 0.4) is 0 Å². The standard InChI is InChI=1S/C13H18N2O/c1-11(16)15-9-5-8-13(10-15)14-12-6-3-2-4-7-12/h2-4,6-7,13-14H,5,8-10H2,1H3/t13-/m1/s1. The molecule has 0 spiro atoms. The summed E-state index contributed by atoms with van der Waals surface area (Å²) in [4.78, 5) is 13.2. The number of nitrogens with zero attached hydrogens (tertiary/aromatic N) is 1. The van der Waals surface area contributed by atoms with Crippen LogP contribution in [0.2, 0.25) is 0 Å². The van der Waals surface area contributed by atoms with Crippen molar-refractivity contribution in [2.75, 3.05) is 18.4 Å². The normalized spacial score (nSPS) is 20.6. The maximum atomic E-state index is 11.3. The second kappa shape index (κ2) is 5.01. The summed E-state index contributed by atoms with van der Waals surface area (Å²) < 4.78 is 0. The van der Waals surface area contributed by atoms with Gasteiger partial charge in [0.2, 0.25) is 5.91 Å². The Labute approximate surface area is 96.5 Å². The molecule has 1 heterocycles. The molecule has 1 aromatic carbocycles. The Hall–Kier alpha value is -1.51. The molecule has 1 saturated heterocycles. The zero-order valence-corrected chi connectivity index (χ0v) is 9.65. The first kappa shape index (κ1) is 11.0. The molecule has 1 N–H and O–H groups in total. The van der Waals surface area contributed by atoms with Gasteiger partial charge >= 0.3 is 0 Å². The highest BCUT2D eigenvalue weighted by Crippen LogP contribution is 2.15. The minimum Gasteiger partial charge on any atom is -0.381 e. The number of anilines is 1. The Kier molecular flexibility index (Phi) is 3.44. The van der Waals surface area contributed by atoms with Crippen molar-refractivity contribution in [3.63, 3.8) is 0 Å². The molecular weight excluding hydrogens is 200 g/mol. The minimum atomic E-state index is 0.180. The van der Waals surface area contributed by atoms with E-state index >= 15 is 0 Å². The predicted octanol–water partition coefficient (Wildman–Crippen LogP) is 2.11. The van der Waals surface area contributed by atoms with Crippen molar-refractivity contribution in [2.24, 2.45) is 0 Å². The van der Waals surface area contributed by atoms with E-state index in [1.807, 2.05) is 23.1 Å². The Balaban J connectivity index is 1.93. The number of hydrogen-bond acceptors (Lipinski definition) is 2. The van der Waals surface area contributed by atoms with Gasteiger partial charge in [0.05, 0.1) is 0 Å². The molecule has 1 aliphatic rings. The van der Waals surface area contributed by atoms with E-state index in [2.05, 4.69) is 17.4 Å². The van der Waals surface area contributed by atoms with Crippen LogP contribution in [0.15, 0.2) is 30.3 Å². The largest absolute Gasteiger partial charge is 0.381 e. The molecule has 0 aliphatic carbocycles. The van der Waals surface area contributed by atoms with Gasteiger partial charge in [-0.05, 0) is 25.0 Å². The summed E-state index contributed by atoms with van der Waals surface area (Å²) in [6, 6.07) is 10.6. The number of carbonyl (C=O) groups is 1. The van der Waals surface area contributed by atoms with Crippen molar-refractivity contribution in [1.82, 2.24) is 4.90 Å². The van der Waals surface area contributed by atoms with E-state index in [1.165, 1.54) is 0 Å². The molecule has 1 amide bonds. The number of para-hydroxylation sites is 1. The first-order chi connectivity index (χ1) is 7.75. The van der Waals surface area contributed by atoms with Gasteiger partial charge in [-0.1, -0.05) is 18.2 Å². The van der Waals surface area contributed by atoms with E-state index < -0.39 is 0 Å². The van der Waals surface area contributed by atoms with Crippen LogP contribution in [0.5, 0.6) is 0 Å². The Morgan fingerprint density at radius 3 is 2.81 bits per heavy atom. The van der Waals surface area contributed by atoms with Gasteiger partial charge in [0.25, 0.3) is 0 Å². The lowest BCUT2D eigenvalue weighted by Crippen LogP contribution is -2.44. The number of carbonyl (C=O) groups excluding carboxylic acids is 1. The number of nitrogens with one attached hydrogen (secondary N) is 1. The highest BCUT2D eigenvalue weighted by atomic mass is 16.2. The van der Waals surface area contributed by atoms with Gasteiger partial charge in [-0.15, -0.1) is 0 Å². The van der Waals surface area contributed by atoms with Crippen molar-refractivity contribution >= 4 is 11.6 Å². The molecule has 1 aliphatic heterocycles. The minimum absolute atomic E-state index is 0.180. The summed E-state index contributed by atoms with van der Waals surface area (Å²) in [7, 11) is 0. The molecule has 1 aromatic rings. The molecule has 0 saturated carbocycles. The second-order valence-electron chi connectivity index (χ2n) is 4.31. The highest BCUT2D eigenvalue weighted by molar-refractivity contribution is 5.73. The van der Waals surface area contributed by atoms with Crippen LogP contribution < -0.4 is 5.32 Å². The lowest BCUT2D eigenvalue weighted by Gasteiger charge is -2.33. The second-order valence-corrected chi connectivity index (χ2v) is 4.31. The SMILES string of the molecule is CC(=O)N1CCC[C@@H](Nc2ccccc2)C1. The van der Waals surface area contributed by atoms with Crippen LogP contribution in [-0.2, 0) is 4.79 Å². The van der Waals surface area contributed by atoms with Crippen LogP contribution in [-0.4, -0.2) is 29.9 Å². The quantitative estimate of drug-likeness (QED) is 0.824. The number of amides is 1. The van der Waals surface area contributed by atoms with E-state index in [4.69, 9.17) is 0 Å². The molecule has 0 aromatic heterocycles. The van der Waals surface area contributed by atoms with Crippen LogP contribution in [0.4, 0.5) is 5.69 Å². The zero-order chi connectivity index (χ0) is 11.4. The third-order valence-electron chi connectivity index (χ3n) is 3.01. The topological polar surface area (TPSA) is 32.3 Å². The lowest BCUT2D eigenvalue weighted by atomic mass is 10.1. The number of piperidine rings is 1. The molecule has 86 valence electrons. The van der Waals surface area contributed by atoms with E-state index in [9.17, 15) is 4.79 Å². The Bertz CT molecular complexity index is 350. The smallest absolute Gasteiger partial charge is 0.219 e. The number of likely N-dealkylation sites (tertiary alicyclic amines) is 1. The van der Waals surface area contributed by atoms with Crippen molar-refractivity contribution in [1.29, 1.82) is 0 Å². The van der Waals surface area contributed by atoms with Crippen LogP contribution >= 0.6 is 0 Å². The zero-order valence-electron chi connectivity index (χ0n) is 9.65. The van der Waals surface area contributed by atoms with Crippen molar-refractivity contribution in [3.8, 4) is 0 Å². The first-order valence-electron chi connectivity index (χ1n) is 5.83. The lowest BCUT2D eigenvalue weighted by molar-refractivity contribution is -0.129. The van der Waals surface area contributed by atoms with Crippen molar-refractivity contribution in [2.45, 2.75) is 25.8 Å². The fourth-order valence-electron chi connectivity index (χ4n) is 2.15. The summed E-state index contributed by atoms with van der Waals surface area (Å²) in [6.07, 6.45) is 2.22. The Morgan fingerprint density at radius 2 is 2.12 bits per heavy atom. The molecule has 0 bridgehead atoms. The number of benzene rings is 1. The van der Waals surface area contributed by atoms with Gasteiger partial charge in [0.15, 0.2) is 0 Å². The van der Waals surface area contributed by atoms with E-state index in [0.29, 0.717) is 6.04 Å². The van der Waals surface area contributed by atoms with Crippen LogP contribution in [0.1, 0.15) is 19.8 Å². The maximum Gasteiger partial charge on any atom is 0.219 e. The van der Waals surface area contributed by atoms with Gasteiger partial charge in [-0.3, -0.25) is 4.79 Å². The first-order valence-corrected chi connectivity index (χ1v) is 5.83. The third-order valence-corrected chi connectivity index (χ3v) is 3.01. The molecule has 3 nitrogen and oxygen atoms in total. The predicted molar refractivity (Wildman–Crippen MR) is 65.3 cm³/mol. The molecule has 0 unspecified atom stereocenters. The summed E-state index contributed by atoms with van der Waals surface area (Å²) in [6.45, 7) is 3.37. The fourth-order valence-corrected chi connectivity index (χ4v) is 2.15. The van der Waals surface area contributed by atoms with Crippen molar-refractivity contribution in [3.05, 3.63) is 30.3 Å².